The molecule has 1 amide bonds. The number of ether oxygens (including phenoxy) is 1. The molecule has 0 aliphatic heterocycles. The Hall–Kier alpha value is -3.14. The molecule has 0 fully saturated rings. The molecule has 3 rings (SSSR count). The van der Waals surface area contributed by atoms with Gasteiger partial charge in [-0.05, 0) is 49.2 Å². The van der Waals surface area contributed by atoms with E-state index in [1.165, 1.54) is 24.3 Å². The first kappa shape index (κ1) is 18.6. The molecular weight excluding hydrogens is 341 g/mol. The summed E-state index contributed by atoms with van der Waals surface area (Å²) in [6.07, 6.45) is -0.716. The van der Waals surface area contributed by atoms with Crippen LogP contribution in [0, 0.1) is 12.7 Å². The number of hydrogen-bond donors (Lipinski definition) is 1. The maximum Gasteiger partial charge on any atom is 0.261 e. The third-order valence-electron chi connectivity index (χ3n) is 4.33. The van der Waals surface area contributed by atoms with Crippen molar-refractivity contribution in [2.75, 3.05) is 0 Å². The minimum absolute atomic E-state index is 0.242. The Morgan fingerprint density at radius 1 is 0.889 bits per heavy atom. The number of nitrogens with one attached hydrogen (secondary N) is 1. The highest BCUT2D eigenvalue weighted by Crippen LogP contribution is 2.23. The molecule has 3 aromatic carbocycles. The third kappa shape index (κ3) is 4.94. The maximum absolute atomic E-state index is 13.0. The Morgan fingerprint density at radius 3 is 2.11 bits per heavy atom. The number of amides is 1. The second-order valence-electron chi connectivity index (χ2n) is 6.48. The molecule has 0 bridgehead atoms. The largest absolute Gasteiger partial charge is 0.481 e. The number of aryl methyl sites for hydroxylation is 1. The van der Waals surface area contributed by atoms with Crippen molar-refractivity contribution in [1.29, 1.82) is 0 Å². The first-order valence-electron chi connectivity index (χ1n) is 8.87. The van der Waals surface area contributed by atoms with E-state index >= 15 is 0 Å². The summed E-state index contributed by atoms with van der Waals surface area (Å²) in [6.45, 7) is 3.70. The second kappa shape index (κ2) is 8.49. The van der Waals surface area contributed by atoms with Gasteiger partial charge in [0.05, 0.1) is 6.04 Å². The van der Waals surface area contributed by atoms with E-state index in [0.29, 0.717) is 5.75 Å². The Morgan fingerprint density at radius 2 is 1.48 bits per heavy atom. The van der Waals surface area contributed by atoms with E-state index in [4.69, 9.17) is 4.74 Å². The van der Waals surface area contributed by atoms with E-state index in [9.17, 15) is 9.18 Å². The van der Waals surface area contributed by atoms with Crippen molar-refractivity contribution in [2.45, 2.75) is 26.0 Å². The SMILES string of the molecule is Cc1ccc([C@H](NC(=O)[C@@H](C)Oc2ccc(F)cc2)c2ccccc2)cc1. The number of benzene rings is 3. The summed E-state index contributed by atoms with van der Waals surface area (Å²) in [6, 6.07) is 23.2. The van der Waals surface area contributed by atoms with Crippen LogP contribution in [0.1, 0.15) is 29.7 Å². The fourth-order valence-electron chi connectivity index (χ4n) is 2.79. The Balaban J connectivity index is 1.77. The highest BCUT2D eigenvalue weighted by atomic mass is 19.1. The lowest BCUT2D eigenvalue weighted by molar-refractivity contribution is -0.127. The number of hydrogen-bond acceptors (Lipinski definition) is 2. The zero-order chi connectivity index (χ0) is 19.2. The monoisotopic (exact) mass is 363 g/mol. The second-order valence-corrected chi connectivity index (χ2v) is 6.48. The Kier molecular flexibility index (Phi) is 5.87. The first-order chi connectivity index (χ1) is 13.0. The van der Waals surface area contributed by atoms with Crippen LogP contribution in [0.4, 0.5) is 4.39 Å². The van der Waals surface area contributed by atoms with E-state index in [1.54, 1.807) is 6.92 Å². The molecule has 0 spiro atoms. The minimum atomic E-state index is -0.716. The number of rotatable bonds is 6. The number of carbonyl (C=O) groups excluding carboxylic acids is 1. The van der Waals surface area contributed by atoms with E-state index in [-0.39, 0.29) is 17.8 Å². The van der Waals surface area contributed by atoms with Crippen LogP contribution in [0.15, 0.2) is 78.9 Å². The standard InChI is InChI=1S/C23H22FNO2/c1-16-8-10-19(11-9-16)22(18-6-4-3-5-7-18)25-23(26)17(2)27-21-14-12-20(24)13-15-21/h3-15,17,22H,1-2H3,(H,25,26)/t17-,22-/m1/s1. The van der Waals surface area contributed by atoms with Crippen LogP contribution in [-0.2, 0) is 4.79 Å². The van der Waals surface area contributed by atoms with Gasteiger partial charge in [0, 0.05) is 0 Å². The van der Waals surface area contributed by atoms with Crippen molar-refractivity contribution in [3.63, 3.8) is 0 Å². The molecule has 3 aromatic rings. The first-order valence-corrected chi connectivity index (χ1v) is 8.87. The molecule has 2 atom stereocenters. The van der Waals surface area contributed by atoms with Gasteiger partial charge in [-0.2, -0.15) is 0 Å². The summed E-state index contributed by atoms with van der Waals surface area (Å²) in [7, 11) is 0. The van der Waals surface area contributed by atoms with Crippen molar-refractivity contribution < 1.29 is 13.9 Å². The fraction of sp³-hybridized carbons (Fsp3) is 0.174. The van der Waals surface area contributed by atoms with Gasteiger partial charge in [-0.15, -0.1) is 0 Å². The maximum atomic E-state index is 13.0. The van der Waals surface area contributed by atoms with Crippen molar-refractivity contribution in [3.05, 3.63) is 101 Å². The predicted octanol–water partition coefficient (Wildman–Crippen LogP) is 4.81. The van der Waals surface area contributed by atoms with Crippen LogP contribution in [-0.4, -0.2) is 12.0 Å². The molecule has 138 valence electrons. The summed E-state index contributed by atoms with van der Waals surface area (Å²) in [4.78, 5) is 12.7. The average molecular weight is 363 g/mol. The molecule has 4 heteroatoms. The lowest BCUT2D eigenvalue weighted by Crippen LogP contribution is -2.39. The topological polar surface area (TPSA) is 38.3 Å². The molecule has 3 nitrogen and oxygen atoms in total. The fourth-order valence-corrected chi connectivity index (χ4v) is 2.79. The molecule has 0 radical (unpaired) electrons. The molecule has 0 saturated heterocycles. The summed E-state index contributed by atoms with van der Waals surface area (Å²) in [5, 5.41) is 3.06. The van der Waals surface area contributed by atoms with Crippen LogP contribution in [0.5, 0.6) is 5.75 Å². The quantitative estimate of drug-likeness (QED) is 0.683. The van der Waals surface area contributed by atoms with E-state index in [0.717, 1.165) is 16.7 Å². The van der Waals surface area contributed by atoms with Crippen LogP contribution >= 0.6 is 0 Å². The van der Waals surface area contributed by atoms with Gasteiger partial charge in [0.2, 0.25) is 0 Å². The van der Waals surface area contributed by atoms with Crippen molar-refractivity contribution >= 4 is 5.91 Å². The van der Waals surface area contributed by atoms with Gasteiger partial charge in [0.1, 0.15) is 11.6 Å². The van der Waals surface area contributed by atoms with Crippen molar-refractivity contribution in [1.82, 2.24) is 5.32 Å². The van der Waals surface area contributed by atoms with Crippen LogP contribution in [0.25, 0.3) is 0 Å². The van der Waals surface area contributed by atoms with E-state index in [1.807, 2.05) is 61.5 Å². The minimum Gasteiger partial charge on any atom is -0.481 e. The normalized spacial score (nSPS) is 12.9. The van der Waals surface area contributed by atoms with Crippen LogP contribution < -0.4 is 10.1 Å². The van der Waals surface area contributed by atoms with Gasteiger partial charge in [0.25, 0.3) is 5.91 Å². The summed E-state index contributed by atoms with van der Waals surface area (Å²) in [5.41, 5.74) is 3.14. The summed E-state index contributed by atoms with van der Waals surface area (Å²) >= 11 is 0. The highest BCUT2D eigenvalue weighted by Gasteiger charge is 2.21. The highest BCUT2D eigenvalue weighted by molar-refractivity contribution is 5.81. The van der Waals surface area contributed by atoms with Crippen molar-refractivity contribution in [2.24, 2.45) is 0 Å². The predicted molar refractivity (Wildman–Crippen MR) is 104 cm³/mol. The van der Waals surface area contributed by atoms with Gasteiger partial charge in [0.15, 0.2) is 6.10 Å². The lowest BCUT2D eigenvalue weighted by atomic mass is 9.97. The molecule has 0 aliphatic rings. The third-order valence-corrected chi connectivity index (χ3v) is 4.33. The molecule has 0 heterocycles. The van der Waals surface area contributed by atoms with Crippen LogP contribution in [0.3, 0.4) is 0 Å². The van der Waals surface area contributed by atoms with Crippen LogP contribution in [0.2, 0.25) is 0 Å². The molecule has 27 heavy (non-hydrogen) atoms. The number of carbonyl (C=O) groups is 1. The molecule has 1 N–H and O–H groups in total. The van der Waals surface area contributed by atoms with Gasteiger partial charge in [-0.1, -0.05) is 60.2 Å². The van der Waals surface area contributed by atoms with Gasteiger partial charge in [-0.25, -0.2) is 4.39 Å². The van der Waals surface area contributed by atoms with E-state index < -0.39 is 6.10 Å². The van der Waals surface area contributed by atoms with Gasteiger partial charge >= 0.3 is 0 Å². The van der Waals surface area contributed by atoms with Gasteiger partial charge < -0.3 is 10.1 Å². The van der Waals surface area contributed by atoms with Gasteiger partial charge in [-0.3, -0.25) is 4.79 Å². The smallest absolute Gasteiger partial charge is 0.261 e. The zero-order valence-electron chi connectivity index (χ0n) is 15.4. The Labute approximate surface area is 158 Å². The zero-order valence-corrected chi connectivity index (χ0v) is 15.4. The van der Waals surface area contributed by atoms with E-state index in [2.05, 4.69) is 5.32 Å². The van der Waals surface area contributed by atoms with Crippen molar-refractivity contribution in [3.8, 4) is 5.75 Å². The summed E-state index contributed by atoms with van der Waals surface area (Å²) < 4.78 is 18.7. The molecule has 0 aliphatic carbocycles. The molecule has 0 saturated carbocycles. The lowest BCUT2D eigenvalue weighted by Gasteiger charge is -2.23. The number of halogens is 1. The molecule has 0 aromatic heterocycles. The molecular formula is C23H22FNO2. The average Bonchev–Trinajstić information content (AvgIpc) is 2.69. The molecule has 0 unspecified atom stereocenters. The summed E-state index contributed by atoms with van der Waals surface area (Å²) in [5.74, 6) is -0.137. The Bertz CT molecular complexity index is 877.